The van der Waals surface area contributed by atoms with Crippen LogP contribution >= 0.6 is 0 Å². The van der Waals surface area contributed by atoms with Gasteiger partial charge in [-0.1, -0.05) is 42.5 Å². The molecule has 0 fully saturated rings. The van der Waals surface area contributed by atoms with E-state index in [1.54, 1.807) is 16.8 Å². The molecule has 4 aromatic rings. The molecular formula is C16H12N4. The molecule has 0 saturated heterocycles. The number of nitrogens with two attached hydrogens (primary N) is 1. The van der Waals surface area contributed by atoms with Gasteiger partial charge in [-0.05, 0) is 16.8 Å². The van der Waals surface area contributed by atoms with Crippen LogP contribution in [0.25, 0.3) is 27.7 Å². The molecule has 0 spiro atoms. The Hall–Kier alpha value is -2.88. The van der Waals surface area contributed by atoms with Gasteiger partial charge in [0, 0.05) is 17.8 Å². The van der Waals surface area contributed by atoms with Crippen molar-refractivity contribution >= 4 is 22.2 Å². The minimum Gasteiger partial charge on any atom is -0.384 e. The van der Waals surface area contributed by atoms with E-state index in [0.29, 0.717) is 5.82 Å². The highest BCUT2D eigenvalue weighted by molar-refractivity contribution is 5.96. The van der Waals surface area contributed by atoms with Crippen LogP contribution in [0.5, 0.6) is 0 Å². The van der Waals surface area contributed by atoms with Gasteiger partial charge in [-0.3, -0.25) is 0 Å². The van der Waals surface area contributed by atoms with E-state index in [-0.39, 0.29) is 0 Å². The molecule has 0 bridgehead atoms. The van der Waals surface area contributed by atoms with Gasteiger partial charge in [-0.15, -0.1) is 0 Å². The lowest BCUT2D eigenvalue weighted by molar-refractivity contribution is 0.956. The molecule has 2 N–H and O–H groups in total. The predicted octanol–water partition coefficient (Wildman–Crippen LogP) is 3.13. The van der Waals surface area contributed by atoms with Gasteiger partial charge in [-0.2, -0.15) is 9.61 Å². The lowest BCUT2D eigenvalue weighted by Gasteiger charge is -2.03. The number of benzene rings is 2. The number of hydrogen-bond donors (Lipinski definition) is 1. The van der Waals surface area contributed by atoms with Crippen molar-refractivity contribution in [3.05, 3.63) is 60.8 Å². The van der Waals surface area contributed by atoms with Crippen molar-refractivity contribution in [1.29, 1.82) is 0 Å². The third-order valence-electron chi connectivity index (χ3n) is 3.45. The third-order valence-corrected chi connectivity index (χ3v) is 3.45. The number of hydrogen-bond acceptors (Lipinski definition) is 3. The van der Waals surface area contributed by atoms with Gasteiger partial charge < -0.3 is 5.73 Å². The van der Waals surface area contributed by atoms with Gasteiger partial charge in [0.1, 0.15) is 5.82 Å². The zero-order valence-electron chi connectivity index (χ0n) is 10.7. The van der Waals surface area contributed by atoms with Gasteiger partial charge in [0.15, 0.2) is 5.65 Å². The van der Waals surface area contributed by atoms with Crippen LogP contribution in [0.3, 0.4) is 0 Å². The van der Waals surface area contributed by atoms with Crippen LogP contribution < -0.4 is 5.73 Å². The Labute approximate surface area is 115 Å². The lowest BCUT2D eigenvalue weighted by atomic mass is 10.0. The summed E-state index contributed by atoms with van der Waals surface area (Å²) in [6, 6.07) is 18.2. The maximum atomic E-state index is 5.92. The molecule has 4 nitrogen and oxygen atoms in total. The van der Waals surface area contributed by atoms with Crippen LogP contribution in [0.2, 0.25) is 0 Å². The van der Waals surface area contributed by atoms with Gasteiger partial charge in [0.05, 0.1) is 5.69 Å². The first-order chi connectivity index (χ1) is 9.83. The number of anilines is 1. The monoisotopic (exact) mass is 260 g/mol. The smallest absolute Gasteiger partial charge is 0.157 e. The molecule has 2 heterocycles. The Morgan fingerprint density at radius 3 is 2.70 bits per heavy atom. The van der Waals surface area contributed by atoms with Crippen molar-refractivity contribution in [2.45, 2.75) is 0 Å². The third kappa shape index (κ3) is 1.55. The summed E-state index contributed by atoms with van der Waals surface area (Å²) >= 11 is 0. The second-order valence-electron chi connectivity index (χ2n) is 4.70. The second-order valence-corrected chi connectivity index (χ2v) is 4.70. The molecule has 4 heteroatoms. The molecule has 0 unspecified atom stereocenters. The number of nitrogen functional groups attached to an aromatic ring is 1. The van der Waals surface area contributed by atoms with E-state index >= 15 is 0 Å². The Balaban J connectivity index is 2.04. The summed E-state index contributed by atoms with van der Waals surface area (Å²) in [5, 5.41) is 6.94. The van der Waals surface area contributed by atoms with Crippen molar-refractivity contribution in [2.75, 3.05) is 5.73 Å². The molecule has 0 aliphatic heterocycles. The van der Waals surface area contributed by atoms with E-state index in [4.69, 9.17) is 5.73 Å². The van der Waals surface area contributed by atoms with Crippen molar-refractivity contribution < 1.29 is 0 Å². The fourth-order valence-corrected chi connectivity index (χ4v) is 2.49. The highest BCUT2D eigenvalue weighted by atomic mass is 15.3. The fraction of sp³-hybridized carbons (Fsp3) is 0. The Morgan fingerprint density at radius 1 is 0.950 bits per heavy atom. The van der Waals surface area contributed by atoms with Gasteiger partial charge in [-0.25, -0.2) is 4.98 Å². The highest BCUT2D eigenvalue weighted by Gasteiger charge is 2.09. The SMILES string of the molecule is Nc1ccnc2cc(-c3cccc4ccccc34)nn12. The molecule has 0 amide bonds. The van der Waals surface area contributed by atoms with Crippen LogP contribution in [-0.4, -0.2) is 14.6 Å². The maximum Gasteiger partial charge on any atom is 0.157 e. The summed E-state index contributed by atoms with van der Waals surface area (Å²) in [6.07, 6.45) is 1.69. The average Bonchev–Trinajstić information content (AvgIpc) is 2.92. The molecule has 4 rings (SSSR count). The van der Waals surface area contributed by atoms with Crippen LogP contribution in [0.4, 0.5) is 5.82 Å². The van der Waals surface area contributed by atoms with Crippen LogP contribution in [0, 0.1) is 0 Å². The summed E-state index contributed by atoms with van der Waals surface area (Å²) in [7, 11) is 0. The minimum atomic E-state index is 0.585. The molecule has 0 radical (unpaired) electrons. The number of nitrogens with zero attached hydrogens (tertiary/aromatic N) is 3. The summed E-state index contributed by atoms with van der Waals surface area (Å²) in [5.74, 6) is 0.585. The number of rotatable bonds is 1. The van der Waals surface area contributed by atoms with E-state index in [1.807, 2.05) is 24.3 Å². The Bertz CT molecular complexity index is 919. The van der Waals surface area contributed by atoms with E-state index in [1.165, 1.54) is 10.8 Å². The van der Waals surface area contributed by atoms with Crippen molar-refractivity contribution in [2.24, 2.45) is 0 Å². The molecule has 0 aliphatic carbocycles. The first kappa shape index (κ1) is 11.0. The van der Waals surface area contributed by atoms with Crippen LogP contribution in [0.15, 0.2) is 60.8 Å². The standard InChI is InChI=1S/C16H12N4/c17-15-8-9-18-16-10-14(19-20(15)16)13-7-3-5-11-4-1-2-6-12(11)13/h1-10H,17H2. The maximum absolute atomic E-state index is 5.92. The largest absolute Gasteiger partial charge is 0.384 e. The van der Waals surface area contributed by atoms with Crippen LogP contribution in [-0.2, 0) is 0 Å². The van der Waals surface area contributed by atoms with E-state index in [9.17, 15) is 0 Å². The van der Waals surface area contributed by atoms with Crippen molar-refractivity contribution in [3.8, 4) is 11.3 Å². The molecule has 96 valence electrons. The number of aromatic nitrogens is 3. The summed E-state index contributed by atoms with van der Waals surface area (Å²) in [6.45, 7) is 0. The average molecular weight is 260 g/mol. The topological polar surface area (TPSA) is 56.2 Å². The van der Waals surface area contributed by atoms with Gasteiger partial charge in [0.2, 0.25) is 0 Å². The Morgan fingerprint density at radius 2 is 1.80 bits per heavy atom. The van der Waals surface area contributed by atoms with Gasteiger partial charge in [0.25, 0.3) is 0 Å². The molecule has 0 saturated carbocycles. The first-order valence-corrected chi connectivity index (χ1v) is 6.41. The van der Waals surface area contributed by atoms with E-state index in [2.05, 4.69) is 34.3 Å². The van der Waals surface area contributed by atoms with Crippen LogP contribution in [0.1, 0.15) is 0 Å². The normalized spacial score (nSPS) is 11.2. The second kappa shape index (κ2) is 4.06. The molecule has 0 atom stereocenters. The summed E-state index contributed by atoms with van der Waals surface area (Å²) < 4.78 is 1.66. The molecular weight excluding hydrogens is 248 g/mol. The molecule has 2 aromatic carbocycles. The first-order valence-electron chi connectivity index (χ1n) is 6.41. The highest BCUT2D eigenvalue weighted by Crippen LogP contribution is 2.28. The minimum absolute atomic E-state index is 0.585. The summed E-state index contributed by atoms with van der Waals surface area (Å²) in [5.41, 5.74) is 8.65. The molecule has 20 heavy (non-hydrogen) atoms. The van der Waals surface area contributed by atoms with Gasteiger partial charge >= 0.3 is 0 Å². The fourth-order valence-electron chi connectivity index (χ4n) is 2.49. The lowest BCUT2D eigenvalue weighted by Crippen LogP contribution is -1.98. The zero-order valence-corrected chi connectivity index (χ0v) is 10.7. The predicted molar refractivity (Wildman–Crippen MR) is 80.3 cm³/mol. The molecule has 0 aliphatic rings. The van der Waals surface area contributed by atoms with E-state index < -0.39 is 0 Å². The Kier molecular flexibility index (Phi) is 2.23. The van der Waals surface area contributed by atoms with Crippen molar-refractivity contribution in [1.82, 2.24) is 14.6 Å². The number of fused-ring (bicyclic) bond motifs is 2. The quantitative estimate of drug-likeness (QED) is 0.572. The molecule has 2 aromatic heterocycles. The summed E-state index contributed by atoms with van der Waals surface area (Å²) in [4.78, 5) is 4.29. The van der Waals surface area contributed by atoms with E-state index in [0.717, 1.165) is 16.9 Å². The van der Waals surface area contributed by atoms with Crippen molar-refractivity contribution in [3.63, 3.8) is 0 Å². The zero-order chi connectivity index (χ0) is 13.5.